The highest BCUT2D eigenvalue weighted by atomic mass is 16.5. The fourth-order valence-electron chi connectivity index (χ4n) is 3.18. The highest BCUT2D eigenvalue weighted by Crippen LogP contribution is 2.28. The van der Waals surface area contributed by atoms with Crippen molar-refractivity contribution >= 4 is 11.8 Å². The number of rotatable bonds is 9. The molecule has 6 nitrogen and oxygen atoms in total. The van der Waals surface area contributed by atoms with E-state index in [4.69, 9.17) is 9.47 Å². The minimum absolute atomic E-state index is 0.0263. The van der Waals surface area contributed by atoms with Crippen LogP contribution in [0.3, 0.4) is 0 Å². The van der Waals surface area contributed by atoms with Gasteiger partial charge in [-0.3, -0.25) is 9.59 Å². The van der Waals surface area contributed by atoms with Crippen molar-refractivity contribution in [3.63, 3.8) is 0 Å². The third-order valence-electron chi connectivity index (χ3n) is 4.79. The second kappa shape index (κ2) is 10.5. The summed E-state index contributed by atoms with van der Waals surface area (Å²) in [5, 5.41) is 2.90. The van der Waals surface area contributed by atoms with E-state index in [1.807, 2.05) is 56.3 Å². The molecule has 0 bridgehead atoms. The first-order valence-electron chi connectivity index (χ1n) is 9.70. The molecule has 0 aliphatic rings. The lowest BCUT2D eigenvalue weighted by molar-refractivity contribution is -0.132. The van der Waals surface area contributed by atoms with Gasteiger partial charge in [-0.25, -0.2) is 0 Å². The minimum Gasteiger partial charge on any atom is -0.493 e. The highest BCUT2D eigenvalue weighted by molar-refractivity contribution is 5.79. The Morgan fingerprint density at radius 2 is 1.69 bits per heavy atom. The van der Waals surface area contributed by atoms with Gasteiger partial charge in [0.2, 0.25) is 11.8 Å². The van der Waals surface area contributed by atoms with Crippen LogP contribution in [0.1, 0.15) is 43.0 Å². The monoisotopic (exact) mass is 398 g/mol. The normalized spacial score (nSPS) is 11.5. The first kappa shape index (κ1) is 22.3. The quantitative estimate of drug-likeness (QED) is 0.700. The van der Waals surface area contributed by atoms with Gasteiger partial charge in [-0.15, -0.1) is 0 Å². The van der Waals surface area contributed by atoms with Gasteiger partial charge in [-0.2, -0.15) is 0 Å². The van der Waals surface area contributed by atoms with E-state index in [1.54, 1.807) is 19.1 Å². The Hall–Kier alpha value is -3.02. The zero-order chi connectivity index (χ0) is 21.4. The summed E-state index contributed by atoms with van der Waals surface area (Å²) in [6.07, 6.45) is 0.198. The molecule has 0 aromatic heterocycles. The smallest absolute Gasteiger partial charge is 0.225 e. The van der Waals surface area contributed by atoms with Gasteiger partial charge in [0, 0.05) is 20.0 Å². The van der Waals surface area contributed by atoms with Gasteiger partial charge < -0.3 is 19.7 Å². The summed E-state index contributed by atoms with van der Waals surface area (Å²) in [4.78, 5) is 26.5. The maximum atomic E-state index is 13.0. The lowest BCUT2D eigenvalue weighted by Crippen LogP contribution is -2.35. The van der Waals surface area contributed by atoms with Crippen molar-refractivity contribution in [1.29, 1.82) is 0 Å². The topological polar surface area (TPSA) is 67.9 Å². The number of ether oxygens (including phenoxy) is 2. The molecule has 156 valence electrons. The Bertz CT molecular complexity index is 833. The molecule has 2 rings (SSSR count). The van der Waals surface area contributed by atoms with Gasteiger partial charge >= 0.3 is 0 Å². The van der Waals surface area contributed by atoms with Crippen molar-refractivity contribution in [2.75, 3.05) is 20.8 Å². The van der Waals surface area contributed by atoms with Gasteiger partial charge in [-0.05, 0) is 37.1 Å². The Labute approximate surface area is 172 Å². The van der Waals surface area contributed by atoms with E-state index in [1.165, 1.54) is 6.92 Å². The Morgan fingerprint density at radius 3 is 2.24 bits per heavy atom. The lowest BCUT2D eigenvalue weighted by Gasteiger charge is -2.25. The van der Waals surface area contributed by atoms with Crippen molar-refractivity contribution in [3.8, 4) is 11.5 Å². The molecule has 0 saturated heterocycles. The lowest BCUT2D eigenvalue weighted by atomic mass is 10.0. The maximum absolute atomic E-state index is 13.0. The van der Waals surface area contributed by atoms with Crippen molar-refractivity contribution in [2.45, 2.75) is 39.8 Å². The van der Waals surface area contributed by atoms with Gasteiger partial charge in [0.25, 0.3) is 0 Å². The molecule has 6 heteroatoms. The number of methoxy groups -OCH3 is 2. The molecule has 0 aliphatic heterocycles. The Morgan fingerprint density at radius 1 is 1.03 bits per heavy atom. The van der Waals surface area contributed by atoms with Crippen LogP contribution in [0.2, 0.25) is 0 Å². The summed E-state index contributed by atoms with van der Waals surface area (Å²) in [6.45, 7) is 6.43. The van der Waals surface area contributed by atoms with Crippen molar-refractivity contribution < 1.29 is 19.1 Å². The molecule has 1 N–H and O–H groups in total. The molecular weight excluding hydrogens is 368 g/mol. The summed E-state index contributed by atoms with van der Waals surface area (Å²) in [6, 6.07) is 13.1. The first-order chi connectivity index (χ1) is 13.9. The number of nitrogens with one attached hydrogen (secondary N) is 1. The highest BCUT2D eigenvalue weighted by Gasteiger charge is 2.21. The van der Waals surface area contributed by atoms with Crippen LogP contribution in [0.4, 0.5) is 0 Å². The van der Waals surface area contributed by atoms with Crippen LogP contribution in [-0.2, 0) is 16.1 Å². The molecule has 1 atom stereocenters. The number of hydrogen-bond acceptors (Lipinski definition) is 4. The SMILES string of the molecule is CCN(Cc1ccc(OC)c(OC)c1)C(=O)CC(NC(C)=O)c1ccc(C)cc1. The van der Waals surface area contributed by atoms with E-state index >= 15 is 0 Å². The number of nitrogens with zero attached hydrogens (tertiary/aromatic N) is 1. The standard InChI is InChI=1S/C23H30N2O4/c1-6-25(15-18-9-12-21(28-4)22(13-18)29-5)23(27)14-20(24-17(3)26)19-10-7-16(2)8-11-19/h7-13,20H,6,14-15H2,1-5H3,(H,24,26). The van der Waals surface area contributed by atoms with Crippen LogP contribution in [0.5, 0.6) is 11.5 Å². The van der Waals surface area contributed by atoms with Crippen molar-refractivity contribution in [2.24, 2.45) is 0 Å². The second-order valence-electron chi connectivity index (χ2n) is 6.97. The molecule has 0 spiro atoms. The van der Waals surface area contributed by atoms with E-state index in [2.05, 4.69) is 5.32 Å². The number of aryl methyl sites for hydroxylation is 1. The van der Waals surface area contributed by atoms with Gasteiger partial charge in [0.15, 0.2) is 11.5 Å². The first-order valence-corrected chi connectivity index (χ1v) is 9.70. The minimum atomic E-state index is -0.361. The molecule has 0 aliphatic carbocycles. The van der Waals surface area contributed by atoms with Gasteiger partial charge in [0.1, 0.15) is 0 Å². The zero-order valence-electron chi connectivity index (χ0n) is 17.8. The van der Waals surface area contributed by atoms with E-state index < -0.39 is 0 Å². The number of benzene rings is 2. The molecule has 0 radical (unpaired) electrons. The van der Waals surface area contributed by atoms with E-state index in [0.717, 1.165) is 16.7 Å². The Balaban J connectivity index is 2.15. The largest absolute Gasteiger partial charge is 0.493 e. The average Bonchev–Trinajstić information content (AvgIpc) is 2.71. The third-order valence-corrected chi connectivity index (χ3v) is 4.79. The molecule has 2 aromatic carbocycles. The van der Waals surface area contributed by atoms with Crippen LogP contribution in [0.15, 0.2) is 42.5 Å². The van der Waals surface area contributed by atoms with Crippen LogP contribution in [-0.4, -0.2) is 37.5 Å². The molecule has 0 heterocycles. The molecular formula is C23H30N2O4. The number of carbonyl (C=O) groups is 2. The van der Waals surface area contributed by atoms with Crippen LogP contribution in [0.25, 0.3) is 0 Å². The molecule has 0 fully saturated rings. The predicted octanol–water partition coefficient (Wildman–Crippen LogP) is 3.63. The van der Waals surface area contributed by atoms with Crippen LogP contribution < -0.4 is 14.8 Å². The molecule has 2 amide bonds. The second-order valence-corrected chi connectivity index (χ2v) is 6.97. The number of carbonyl (C=O) groups excluding carboxylic acids is 2. The van der Waals surface area contributed by atoms with Gasteiger partial charge in [0.05, 0.1) is 26.7 Å². The van der Waals surface area contributed by atoms with E-state index in [9.17, 15) is 9.59 Å². The summed E-state index contributed by atoms with van der Waals surface area (Å²) >= 11 is 0. The molecule has 0 saturated carbocycles. The predicted molar refractivity (Wildman–Crippen MR) is 113 cm³/mol. The third kappa shape index (κ3) is 6.24. The Kier molecular flexibility index (Phi) is 8.07. The maximum Gasteiger partial charge on any atom is 0.225 e. The average molecular weight is 399 g/mol. The summed E-state index contributed by atoms with van der Waals surface area (Å²) in [5.41, 5.74) is 3.00. The zero-order valence-corrected chi connectivity index (χ0v) is 17.8. The van der Waals surface area contributed by atoms with E-state index in [-0.39, 0.29) is 24.3 Å². The summed E-state index contributed by atoms with van der Waals surface area (Å²) in [5.74, 6) is 1.09. The fourth-order valence-corrected chi connectivity index (χ4v) is 3.18. The van der Waals surface area contributed by atoms with E-state index in [0.29, 0.717) is 24.6 Å². The van der Waals surface area contributed by atoms with Crippen molar-refractivity contribution in [3.05, 3.63) is 59.2 Å². The number of amides is 2. The number of hydrogen-bond donors (Lipinski definition) is 1. The summed E-state index contributed by atoms with van der Waals surface area (Å²) < 4.78 is 10.6. The van der Waals surface area contributed by atoms with Crippen molar-refractivity contribution in [1.82, 2.24) is 10.2 Å². The van der Waals surface area contributed by atoms with Gasteiger partial charge in [-0.1, -0.05) is 35.9 Å². The fraction of sp³-hybridized carbons (Fsp3) is 0.391. The van der Waals surface area contributed by atoms with Crippen LogP contribution >= 0.6 is 0 Å². The molecule has 2 aromatic rings. The molecule has 29 heavy (non-hydrogen) atoms. The summed E-state index contributed by atoms with van der Waals surface area (Å²) in [7, 11) is 3.18. The molecule has 1 unspecified atom stereocenters. The van der Waals surface area contributed by atoms with Crippen LogP contribution in [0, 0.1) is 6.92 Å².